The van der Waals surface area contributed by atoms with Gasteiger partial charge in [0.1, 0.15) is 5.76 Å². The summed E-state index contributed by atoms with van der Waals surface area (Å²) in [7, 11) is -3.43. The van der Waals surface area contributed by atoms with Gasteiger partial charge >= 0.3 is 5.63 Å². The first-order chi connectivity index (χ1) is 8.36. The highest BCUT2D eigenvalue weighted by Gasteiger charge is 2.12. The van der Waals surface area contributed by atoms with Crippen LogP contribution in [-0.4, -0.2) is 14.7 Å². The highest BCUT2D eigenvalue weighted by Crippen LogP contribution is 2.22. The van der Waals surface area contributed by atoms with Gasteiger partial charge in [-0.25, -0.2) is 13.2 Å². The van der Waals surface area contributed by atoms with Crippen molar-refractivity contribution < 1.29 is 12.8 Å². The van der Waals surface area contributed by atoms with Crippen LogP contribution in [0.3, 0.4) is 0 Å². The van der Waals surface area contributed by atoms with Crippen molar-refractivity contribution in [1.82, 2.24) is 0 Å². The molecule has 6 heteroatoms. The molecule has 18 heavy (non-hydrogen) atoms. The zero-order valence-corrected chi connectivity index (χ0v) is 11.8. The molecule has 0 N–H and O–H groups in total. The fourth-order valence-electron chi connectivity index (χ4n) is 1.42. The van der Waals surface area contributed by atoms with Crippen molar-refractivity contribution in [3.05, 3.63) is 51.3 Å². The summed E-state index contributed by atoms with van der Waals surface area (Å²) in [6, 6.07) is 9.34. The average molecular weight is 329 g/mol. The van der Waals surface area contributed by atoms with Crippen LogP contribution in [-0.2, 0) is 9.84 Å². The topological polar surface area (TPSA) is 64.3 Å². The van der Waals surface area contributed by atoms with Gasteiger partial charge in [0.25, 0.3) is 0 Å². The van der Waals surface area contributed by atoms with Crippen molar-refractivity contribution in [2.24, 2.45) is 0 Å². The number of benzene rings is 1. The van der Waals surface area contributed by atoms with Crippen molar-refractivity contribution in [1.29, 1.82) is 0 Å². The number of halogens is 1. The lowest BCUT2D eigenvalue weighted by molar-refractivity contribution is 0.518. The van der Waals surface area contributed by atoms with E-state index in [2.05, 4.69) is 15.9 Å². The molecule has 0 saturated carbocycles. The lowest BCUT2D eigenvalue weighted by Crippen LogP contribution is -2.05. The van der Waals surface area contributed by atoms with Crippen molar-refractivity contribution in [3.63, 3.8) is 0 Å². The first-order valence-electron chi connectivity index (χ1n) is 4.97. The minimum atomic E-state index is -3.43. The summed E-state index contributed by atoms with van der Waals surface area (Å²) in [5.74, 6) is 0.232. The zero-order valence-electron chi connectivity index (χ0n) is 9.38. The standard InChI is InChI=1S/C12H9BrO4S/c1-18(15,16)10-6-11(17-12(14)7-10)8-2-4-9(13)5-3-8/h2-7H,1H3. The predicted molar refractivity (Wildman–Crippen MR) is 71.2 cm³/mol. The third-order valence-electron chi connectivity index (χ3n) is 2.30. The van der Waals surface area contributed by atoms with E-state index in [4.69, 9.17) is 4.42 Å². The van der Waals surface area contributed by atoms with E-state index in [0.29, 0.717) is 5.56 Å². The molecule has 0 radical (unpaired) electrons. The van der Waals surface area contributed by atoms with E-state index in [1.54, 1.807) is 24.3 Å². The monoisotopic (exact) mass is 328 g/mol. The summed E-state index contributed by atoms with van der Waals surface area (Å²) in [6.45, 7) is 0. The smallest absolute Gasteiger partial charge is 0.337 e. The van der Waals surface area contributed by atoms with Crippen LogP contribution < -0.4 is 5.63 Å². The Morgan fingerprint density at radius 2 is 1.72 bits per heavy atom. The van der Waals surface area contributed by atoms with E-state index in [-0.39, 0.29) is 10.7 Å². The Morgan fingerprint density at radius 3 is 2.28 bits per heavy atom. The average Bonchev–Trinajstić information content (AvgIpc) is 2.28. The predicted octanol–water partition coefficient (Wildman–Crippen LogP) is 2.47. The van der Waals surface area contributed by atoms with Gasteiger partial charge in [0, 0.05) is 28.4 Å². The van der Waals surface area contributed by atoms with Crippen molar-refractivity contribution in [2.45, 2.75) is 4.90 Å². The van der Waals surface area contributed by atoms with Gasteiger partial charge in [-0.2, -0.15) is 0 Å². The summed E-state index contributed by atoms with van der Waals surface area (Å²) in [5.41, 5.74) is -0.0448. The van der Waals surface area contributed by atoms with Crippen LogP contribution in [0, 0.1) is 0 Å². The van der Waals surface area contributed by atoms with Crippen molar-refractivity contribution in [2.75, 3.05) is 6.26 Å². The minimum absolute atomic E-state index is 0.0448. The first kappa shape index (κ1) is 13.0. The molecule has 94 valence electrons. The molecular weight excluding hydrogens is 320 g/mol. The van der Waals surface area contributed by atoms with Gasteiger partial charge in [0.15, 0.2) is 9.84 Å². The molecule has 0 fully saturated rings. The van der Waals surface area contributed by atoms with E-state index in [0.717, 1.165) is 16.8 Å². The van der Waals surface area contributed by atoms with Crippen LogP contribution in [0.4, 0.5) is 0 Å². The first-order valence-corrected chi connectivity index (χ1v) is 7.66. The van der Waals surface area contributed by atoms with Crippen LogP contribution in [0.1, 0.15) is 0 Å². The maximum Gasteiger partial charge on any atom is 0.337 e. The molecule has 0 amide bonds. The number of rotatable bonds is 2. The molecule has 2 rings (SSSR count). The Hall–Kier alpha value is -1.40. The SMILES string of the molecule is CS(=O)(=O)c1cc(-c2ccc(Br)cc2)oc(=O)c1. The molecule has 1 aromatic heterocycles. The number of sulfone groups is 1. The summed E-state index contributed by atoms with van der Waals surface area (Å²) >= 11 is 3.29. The molecule has 0 unspecified atom stereocenters. The number of hydrogen-bond acceptors (Lipinski definition) is 4. The van der Waals surface area contributed by atoms with E-state index in [9.17, 15) is 13.2 Å². The Morgan fingerprint density at radius 1 is 1.11 bits per heavy atom. The molecule has 1 aromatic carbocycles. The Bertz CT molecular complexity index is 729. The van der Waals surface area contributed by atoms with Crippen molar-refractivity contribution >= 4 is 25.8 Å². The van der Waals surface area contributed by atoms with E-state index in [1.807, 2.05) is 0 Å². The van der Waals surface area contributed by atoms with Gasteiger partial charge < -0.3 is 4.42 Å². The lowest BCUT2D eigenvalue weighted by atomic mass is 10.2. The highest BCUT2D eigenvalue weighted by atomic mass is 79.9. The second kappa shape index (κ2) is 4.70. The third kappa shape index (κ3) is 2.88. The fraction of sp³-hybridized carbons (Fsp3) is 0.0833. The van der Waals surface area contributed by atoms with Gasteiger partial charge in [0.2, 0.25) is 0 Å². The summed E-state index contributed by atoms with van der Waals surface area (Å²) in [4.78, 5) is 11.3. The minimum Gasteiger partial charge on any atom is -0.423 e. The fourth-order valence-corrected chi connectivity index (χ4v) is 2.32. The highest BCUT2D eigenvalue weighted by molar-refractivity contribution is 9.10. The molecule has 4 nitrogen and oxygen atoms in total. The maximum absolute atomic E-state index is 11.4. The number of hydrogen-bond donors (Lipinski definition) is 0. The van der Waals surface area contributed by atoms with E-state index < -0.39 is 15.5 Å². The van der Waals surface area contributed by atoms with E-state index >= 15 is 0 Å². The molecule has 1 heterocycles. The Balaban J connectivity index is 2.62. The quantitative estimate of drug-likeness (QED) is 0.849. The van der Waals surface area contributed by atoms with E-state index in [1.165, 1.54) is 6.07 Å². The molecule has 0 aliphatic carbocycles. The van der Waals surface area contributed by atoms with Gasteiger partial charge in [-0.3, -0.25) is 0 Å². The molecule has 2 aromatic rings. The van der Waals surface area contributed by atoms with Gasteiger partial charge in [-0.1, -0.05) is 28.1 Å². The molecule has 0 aliphatic rings. The normalized spacial score (nSPS) is 11.4. The molecule has 0 spiro atoms. The molecule has 0 bridgehead atoms. The van der Waals surface area contributed by atoms with Crippen LogP contribution >= 0.6 is 15.9 Å². The largest absolute Gasteiger partial charge is 0.423 e. The van der Waals surface area contributed by atoms with Crippen LogP contribution in [0.5, 0.6) is 0 Å². The zero-order chi connectivity index (χ0) is 13.3. The summed E-state index contributed by atoms with van der Waals surface area (Å²) in [5, 5.41) is 0. The van der Waals surface area contributed by atoms with Gasteiger partial charge in [-0.15, -0.1) is 0 Å². The van der Waals surface area contributed by atoms with Crippen LogP contribution in [0.25, 0.3) is 11.3 Å². The lowest BCUT2D eigenvalue weighted by Gasteiger charge is -2.02. The van der Waals surface area contributed by atoms with Gasteiger partial charge in [0.05, 0.1) is 4.90 Å². The maximum atomic E-state index is 11.4. The second-order valence-electron chi connectivity index (χ2n) is 3.76. The summed E-state index contributed by atoms with van der Waals surface area (Å²) < 4.78 is 28.8. The Kier molecular flexibility index (Phi) is 3.41. The van der Waals surface area contributed by atoms with Crippen molar-refractivity contribution in [3.8, 4) is 11.3 Å². The van der Waals surface area contributed by atoms with Gasteiger partial charge in [-0.05, 0) is 12.1 Å². The second-order valence-corrected chi connectivity index (χ2v) is 6.69. The molecule has 0 saturated heterocycles. The Labute approximate surface area is 112 Å². The van der Waals surface area contributed by atoms with Crippen LogP contribution in [0.2, 0.25) is 0 Å². The molecule has 0 atom stereocenters. The molecular formula is C12H9BrO4S. The van der Waals surface area contributed by atoms with Crippen LogP contribution in [0.15, 0.2) is 55.0 Å². The summed E-state index contributed by atoms with van der Waals surface area (Å²) in [6.07, 6.45) is 1.05. The molecule has 0 aliphatic heterocycles. The third-order valence-corrected chi connectivity index (χ3v) is 3.92.